The van der Waals surface area contributed by atoms with Gasteiger partial charge in [-0.1, -0.05) is 25.4 Å². The highest BCUT2D eigenvalue weighted by molar-refractivity contribution is 6.31. The number of nitrogen functional groups attached to an aromatic ring is 1. The summed E-state index contributed by atoms with van der Waals surface area (Å²) in [5.74, 6) is 2.04. The summed E-state index contributed by atoms with van der Waals surface area (Å²) >= 11 is 6.74. The highest BCUT2D eigenvalue weighted by atomic mass is 35.5. The number of methoxy groups -OCH3 is 1. The second-order valence-corrected chi connectivity index (χ2v) is 9.80. The van der Waals surface area contributed by atoms with E-state index < -0.39 is 0 Å². The quantitative estimate of drug-likeness (QED) is 0.342. The smallest absolute Gasteiger partial charge is 0.256 e. The van der Waals surface area contributed by atoms with Gasteiger partial charge >= 0.3 is 0 Å². The molecule has 1 aromatic carbocycles. The molecule has 1 aliphatic rings. The molecule has 0 saturated carbocycles. The number of halogens is 1. The minimum absolute atomic E-state index is 0.0707. The van der Waals surface area contributed by atoms with Crippen molar-refractivity contribution in [3.8, 4) is 5.75 Å². The molecule has 3 rings (SSSR count). The minimum atomic E-state index is -0.176. The van der Waals surface area contributed by atoms with Crippen LogP contribution in [0.3, 0.4) is 0 Å². The number of likely N-dealkylation sites (tertiary alicyclic amines) is 1. The van der Waals surface area contributed by atoms with Gasteiger partial charge in [-0.3, -0.25) is 4.79 Å². The molecular formula is C26H36ClN7O2. The molecule has 0 spiro atoms. The normalized spacial score (nSPS) is 14.9. The Labute approximate surface area is 218 Å². The summed E-state index contributed by atoms with van der Waals surface area (Å²) in [4.78, 5) is 25.3. The van der Waals surface area contributed by atoms with Gasteiger partial charge in [0.2, 0.25) is 0 Å². The molecule has 9 nitrogen and oxygen atoms in total. The predicted molar refractivity (Wildman–Crippen MR) is 145 cm³/mol. The van der Waals surface area contributed by atoms with Crippen LogP contribution < -0.4 is 20.7 Å². The minimum Gasteiger partial charge on any atom is -0.496 e. The number of hydrogen-bond donors (Lipinski definition) is 3. The van der Waals surface area contributed by atoms with E-state index >= 15 is 0 Å². The van der Waals surface area contributed by atoms with E-state index in [1.54, 1.807) is 19.1 Å². The van der Waals surface area contributed by atoms with Crippen molar-refractivity contribution in [2.75, 3.05) is 44.9 Å². The Kier molecular flexibility index (Phi) is 8.45. The second kappa shape index (κ2) is 11.2. The number of rotatable bonds is 9. The van der Waals surface area contributed by atoms with Crippen molar-refractivity contribution in [3.63, 3.8) is 0 Å². The Morgan fingerprint density at radius 3 is 2.58 bits per heavy atom. The largest absolute Gasteiger partial charge is 0.496 e. The number of amides is 1. The number of aromatic nitrogens is 2. The molecule has 10 heteroatoms. The van der Waals surface area contributed by atoms with E-state index in [1.165, 1.54) is 12.5 Å². The molecule has 36 heavy (non-hydrogen) atoms. The zero-order valence-electron chi connectivity index (χ0n) is 22.0. The summed E-state index contributed by atoms with van der Waals surface area (Å²) in [6.45, 7) is 9.24. The van der Waals surface area contributed by atoms with Gasteiger partial charge in [0.25, 0.3) is 5.91 Å². The first-order chi connectivity index (χ1) is 17.1. The molecule has 0 radical (unpaired) electrons. The van der Waals surface area contributed by atoms with Crippen LogP contribution in [0.1, 0.15) is 60.9 Å². The molecular weight excluding hydrogens is 478 g/mol. The Hall–Kier alpha value is -3.33. The van der Waals surface area contributed by atoms with Crippen molar-refractivity contribution >= 4 is 35.4 Å². The van der Waals surface area contributed by atoms with Gasteiger partial charge in [0.05, 0.1) is 18.7 Å². The summed E-state index contributed by atoms with van der Waals surface area (Å²) in [6.07, 6.45) is 4.09. The van der Waals surface area contributed by atoms with Gasteiger partial charge in [-0.15, -0.1) is 0 Å². The lowest BCUT2D eigenvalue weighted by molar-refractivity contribution is -0.130. The number of ether oxygens (including phenoxy) is 1. The number of carbonyl (C=O) groups excluding carboxylic acids is 1. The average molecular weight is 514 g/mol. The second-order valence-electron chi connectivity index (χ2n) is 9.40. The lowest BCUT2D eigenvalue weighted by Gasteiger charge is -2.41. The van der Waals surface area contributed by atoms with E-state index in [0.29, 0.717) is 29.5 Å². The summed E-state index contributed by atoms with van der Waals surface area (Å²) < 4.78 is 5.98. The zero-order valence-corrected chi connectivity index (χ0v) is 22.8. The zero-order chi connectivity index (χ0) is 26.7. The van der Waals surface area contributed by atoms with Crippen LogP contribution in [0.5, 0.6) is 5.75 Å². The highest BCUT2D eigenvalue weighted by Gasteiger charge is 2.37. The standard InChI is InChI=1S/C26H36ClN7O2/c1-14(2)21-24(29)31-13-32-25(21)33(6)16(4)19-8-20(27)15(3)22(23(19)36-7)18-11-34(12-18)26(35)17(9-28)10-30-5/h8-10,13-14,16,18,28,30H,11-12H2,1-7H3,(H2,29,31,32)/b17-10+,28-9?. The molecule has 1 saturated heterocycles. The Bertz CT molecular complexity index is 1180. The number of hydrogen-bond acceptors (Lipinski definition) is 8. The van der Waals surface area contributed by atoms with E-state index in [-0.39, 0.29) is 23.8 Å². The van der Waals surface area contributed by atoms with Gasteiger partial charge in [-0.25, -0.2) is 9.97 Å². The van der Waals surface area contributed by atoms with E-state index in [2.05, 4.69) is 41.0 Å². The topological polar surface area (TPSA) is 120 Å². The fourth-order valence-corrected chi connectivity index (χ4v) is 4.97. The molecule has 0 bridgehead atoms. The van der Waals surface area contributed by atoms with Crippen molar-refractivity contribution in [3.05, 3.63) is 51.4 Å². The van der Waals surface area contributed by atoms with Gasteiger partial charge < -0.3 is 31.0 Å². The molecule has 1 atom stereocenters. The maximum Gasteiger partial charge on any atom is 0.256 e. The van der Waals surface area contributed by atoms with Gasteiger partial charge in [0.1, 0.15) is 23.7 Å². The lowest BCUT2D eigenvalue weighted by atomic mass is 9.84. The van der Waals surface area contributed by atoms with Gasteiger partial charge in [0.15, 0.2) is 0 Å². The fraction of sp³-hybridized carbons (Fsp3) is 0.462. The number of anilines is 2. The van der Waals surface area contributed by atoms with Crippen LogP contribution in [0.25, 0.3) is 0 Å². The first-order valence-corrected chi connectivity index (χ1v) is 12.3. The molecule has 4 N–H and O–H groups in total. The van der Waals surface area contributed by atoms with E-state index in [9.17, 15) is 4.79 Å². The summed E-state index contributed by atoms with van der Waals surface area (Å²) in [5.41, 5.74) is 10.3. The highest BCUT2D eigenvalue weighted by Crippen LogP contribution is 2.45. The third kappa shape index (κ3) is 4.97. The molecule has 2 heterocycles. The average Bonchev–Trinajstić information content (AvgIpc) is 2.82. The van der Waals surface area contributed by atoms with Crippen molar-refractivity contribution in [2.45, 2.75) is 45.6 Å². The number of benzene rings is 1. The predicted octanol–water partition coefficient (Wildman–Crippen LogP) is 4.03. The summed E-state index contributed by atoms with van der Waals surface area (Å²) in [7, 11) is 5.34. The van der Waals surface area contributed by atoms with Gasteiger partial charge in [-0.2, -0.15) is 0 Å². The molecule has 1 amide bonds. The van der Waals surface area contributed by atoms with Crippen LogP contribution in [-0.4, -0.2) is 61.3 Å². The Morgan fingerprint density at radius 1 is 1.36 bits per heavy atom. The Morgan fingerprint density at radius 2 is 2.03 bits per heavy atom. The third-order valence-corrected chi connectivity index (χ3v) is 7.26. The van der Waals surface area contributed by atoms with Crippen LogP contribution in [0.15, 0.2) is 24.2 Å². The van der Waals surface area contributed by atoms with Crippen molar-refractivity contribution in [1.29, 1.82) is 5.41 Å². The van der Waals surface area contributed by atoms with Crippen molar-refractivity contribution in [1.82, 2.24) is 20.2 Å². The molecule has 1 fully saturated rings. The molecule has 2 aromatic rings. The fourth-order valence-electron chi connectivity index (χ4n) is 4.75. The maximum absolute atomic E-state index is 12.7. The molecule has 1 unspecified atom stereocenters. The van der Waals surface area contributed by atoms with Crippen LogP contribution >= 0.6 is 11.6 Å². The van der Waals surface area contributed by atoms with Crippen LogP contribution in [0, 0.1) is 12.3 Å². The molecule has 194 valence electrons. The van der Waals surface area contributed by atoms with E-state index in [1.807, 2.05) is 20.0 Å². The Balaban J connectivity index is 1.98. The molecule has 1 aromatic heterocycles. The lowest BCUT2D eigenvalue weighted by Crippen LogP contribution is -2.49. The summed E-state index contributed by atoms with van der Waals surface area (Å²) in [5, 5.41) is 11.0. The van der Waals surface area contributed by atoms with E-state index in [4.69, 9.17) is 27.5 Å². The number of nitrogens with two attached hydrogens (primary N) is 1. The number of nitrogens with zero attached hydrogens (tertiary/aromatic N) is 4. The van der Waals surface area contributed by atoms with Crippen LogP contribution in [-0.2, 0) is 4.79 Å². The first kappa shape index (κ1) is 27.3. The maximum atomic E-state index is 12.7. The van der Waals surface area contributed by atoms with Gasteiger partial charge in [0, 0.05) is 67.2 Å². The van der Waals surface area contributed by atoms with E-state index in [0.717, 1.165) is 40.0 Å². The molecule has 1 aliphatic heterocycles. The van der Waals surface area contributed by atoms with Crippen molar-refractivity contribution in [2.24, 2.45) is 0 Å². The first-order valence-electron chi connectivity index (χ1n) is 11.9. The number of carbonyl (C=O) groups is 1. The van der Waals surface area contributed by atoms with Crippen LogP contribution in [0.4, 0.5) is 11.6 Å². The van der Waals surface area contributed by atoms with Crippen molar-refractivity contribution < 1.29 is 9.53 Å². The van der Waals surface area contributed by atoms with Gasteiger partial charge in [-0.05, 0) is 31.4 Å². The number of nitrogens with one attached hydrogen (secondary N) is 2. The SMILES string of the molecule is CN/C=C(\C=N)C(=O)N1CC(c2c(C)c(Cl)cc(C(C)N(C)c3ncnc(N)c3C(C)C)c2OC)C1. The third-order valence-electron chi connectivity index (χ3n) is 6.87. The molecule has 0 aliphatic carbocycles. The van der Waals surface area contributed by atoms with Crippen LogP contribution in [0.2, 0.25) is 5.02 Å². The summed E-state index contributed by atoms with van der Waals surface area (Å²) in [6, 6.07) is 1.81. The monoisotopic (exact) mass is 513 g/mol.